The number of unbranched alkanes of at least 4 members (excludes halogenated alkanes) is 1. The van der Waals surface area contributed by atoms with Crippen LogP contribution in [0.5, 0.6) is 0 Å². The predicted octanol–water partition coefficient (Wildman–Crippen LogP) is 3.07. The first-order valence-electron chi connectivity index (χ1n) is 6.38. The number of benzene rings is 1. The molecule has 0 bridgehead atoms. The molecule has 0 spiro atoms. The second-order valence-electron chi connectivity index (χ2n) is 4.38. The Morgan fingerprint density at radius 3 is 2.56 bits per heavy atom. The van der Waals surface area contributed by atoms with E-state index in [4.69, 9.17) is 3.07 Å². The van der Waals surface area contributed by atoms with Crippen LogP contribution >= 0.6 is 0 Å². The van der Waals surface area contributed by atoms with E-state index >= 15 is 0 Å². The molecule has 0 fully saturated rings. The molecule has 90 valence electrons. The SMILES string of the molecule is CCC[CH2][SnH]([O]CC)[c]1cccc(C)c1C. The van der Waals surface area contributed by atoms with Crippen LogP contribution in [0.25, 0.3) is 0 Å². The molecule has 0 aliphatic rings. The van der Waals surface area contributed by atoms with Gasteiger partial charge in [0, 0.05) is 0 Å². The third-order valence-electron chi connectivity index (χ3n) is 3.18. The van der Waals surface area contributed by atoms with Crippen molar-refractivity contribution in [2.24, 2.45) is 0 Å². The van der Waals surface area contributed by atoms with Gasteiger partial charge >= 0.3 is 108 Å². The molecule has 0 aliphatic heterocycles. The summed E-state index contributed by atoms with van der Waals surface area (Å²) in [6, 6.07) is 6.69. The third kappa shape index (κ3) is 3.77. The molecule has 1 aromatic rings. The molecular formula is C14H24OSn. The van der Waals surface area contributed by atoms with Gasteiger partial charge in [0.1, 0.15) is 0 Å². The van der Waals surface area contributed by atoms with Crippen molar-refractivity contribution in [3.63, 3.8) is 0 Å². The maximum atomic E-state index is 6.08. The second-order valence-corrected chi connectivity index (χ2v) is 11.5. The first-order chi connectivity index (χ1) is 7.70. The minimum atomic E-state index is -1.92. The topological polar surface area (TPSA) is 9.23 Å². The van der Waals surface area contributed by atoms with E-state index in [9.17, 15) is 0 Å². The summed E-state index contributed by atoms with van der Waals surface area (Å²) >= 11 is -1.92. The van der Waals surface area contributed by atoms with E-state index < -0.39 is 20.2 Å². The normalized spacial score (nSPS) is 12.8. The first kappa shape index (κ1) is 14.0. The Bertz CT molecular complexity index is 323. The van der Waals surface area contributed by atoms with Gasteiger partial charge in [-0.1, -0.05) is 0 Å². The van der Waals surface area contributed by atoms with Crippen molar-refractivity contribution >= 4 is 23.8 Å². The zero-order valence-corrected chi connectivity index (χ0v) is 14.3. The monoisotopic (exact) mass is 328 g/mol. The Morgan fingerprint density at radius 2 is 1.94 bits per heavy atom. The molecule has 0 aromatic heterocycles. The van der Waals surface area contributed by atoms with Crippen molar-refractivity contribution < 1.29 is 3.07 Å². The number of hydrogen-bond donors (Lipinski definition) is 0. The summed E-state index contributed by atoms with van der Waals surface area (Å²) in [5.41, 5.74) is 2.89. The van der Waals surface area contributed by atoms with Crippen molar-refractivity contribution in [3.8, 4) is 0 Å². The summed E-state index contributed by atoms with van der Waals surface area (Å²) in [6.07, 6.45) is 2.61. The third-order valence-corrected chi connectivity index (χ3v) is 11.7. The molecule has 0 radical (unpaired) electrons. The van der Waals surface area contributed by atoms with Crippen LogP contribution in [-0.4, -0.2) is 26.8 Å². The predicted molar refractivity (Wildman–Crippen MR) is 74.0 cm³/mol. The van der Waals surface area contributed by atoms with Crippen molar-refractivity contribution in [2.45, 2.75) is 45.0 Å². The maximum absolute atomic E-state index is 6.08. The molecule has 0 amide bonds. The molecule has 0 heterocycles. The van der Waals surface area contributed by atoms with Gasteiger partial charge in [-0.05, 0) is 0 Å². The minimum absolute atomic E-state index is 0.887. The average Bonchev–Trinajstić information content (AvgIpc) is 2.28. The molecule has 1 nitrogen and oxygen atoms in total. The van der Waals surface area contributed by atoms with Crippen molar-refractivity contribution in [2.75, 3.05) is 6.61 Å². The van der Waals surface area contributed by atoms with Gasteiger partial charge in [-0.3, -0.25) is 0 Å². The molecule has 1 rings (SSSR count). The van der Waals surface area contributed by atoms with Gasteiger partial charge in [-0.25, -0.2) is 0 Å². The van der Waals surface area contributed by atoms with Gasteiger partial charge in [-0.15, -0.1) is 0 Å². The van der Waals surface area contributed by atoms with Crippen molar-refractivity contribution in [3.05, 3.63) is 29.3 Å². The Hall–Kier alpha value is -0.0213. The Balaban J connectivity index is 2.86. The van der Waals surface area contributed by atoms with E-state index in [1.54, 1.807) is 3.58 Å². The molecule has 0 aliphatic carbocycles. The van der Waals surface area contributed by atoms with Gasteiger partial charge in [0.05, 0.1) is 0 Å². The summed E-state index contributed by atoms with van der Waals surface area (Å²) in [5, 5.41) is 0. The van der Waals surface area contributed by atoms with Crippen LogP contribution < -0.4 is 3.58 Å². The first-order valence-corrected chi connectivity index (χ1v) is 11.7. The van der Waals surface area contributed by atoms with Crippen LogP contribution in [0.4, 0.5) is 0 Å². The quantitative estimate of drug-likeness (QED) is 0.730. The van der Waals surface area contributed by atoms with Crippen molar-refractivity contribution in [1.82, 2.24) is 0 Å². The molecule has 2 heteroatoms. The second kappa shape index (κ2) is 7.33. The Morgan fingerprint density at radius 1 is 1.19 bits per heavy atom. The Labute approximate surface area is 107 Å². The van der Waals surface area contributed by atoms with E-state index in [1.807, 2.05) is 0 Å². The molecule has 16 heavy (non-hydrogen) atoms. The Kier molecular flexibility index (Phi) is 6.44. The molecule has 0 saturated carbocycles. The number of aryl methyl sites for hydroxylation is 1. The van der Waals surface area contributed by atoms with Crippen LogP contribution in [0, 0.1) is 13.8 Å². The van der Waals surface area contributed by atoms with Crippen LogP contribution in [0.2, 0.25) is 4.44 Å². The fraction of sp³-hybridized carbons (Fsp3) is 0.571. The fourth-order valence-electron chi connectivity index (χ4n) is 2.04. The average molecular weight is 327 g/mol. The van der Waals surface area contributed by atoms with Crippen LogP contribution in [0.1, 0.15) is 37.8 Å². The summed E-state index contributed by atoms with van der Waals surface area (Å²) in [7, 11) is 0. The molecule has 0 saturated heterocycles. The summed E-state index contributed by atoms with van der Waals surface area (Å²) < 4.78 is 9.00. The zero-order chi connectivity index (χ0) is 12.0. The van der Waals surface area contributed by atoms with Crippen LogP contribution in [0.3, 0.4) is 0 Å². The summed E-state index contributed by atoms with van der Waals surface area (Å²) in [4.78, 5) is 0. The zero-order valence-electron chi connectivity index (χ0n) is 11.0. The summed E-state index contributed by atoms with van der Waals surface area (Å²) in [6.45, 7) is 9.73. The fourth-order valence-corrected chi connectivity index (χ4v) is 10.2. The number of hydrogen-bond acceptors (Lipinski definition) is 1. The summed E-state index contributed by atoms with van der Waals surface area (Å²) in [5.74, 6) is 0. The van der Waals surface area contributed by atoms with E-state index in [1.165, 1.54) is 28.4 Å². The van der Waals surface area contributed by atoms with E-state index in [-0.39, 0.29) is 0 Å². The van der Waals surface area contributed by atoms with Gasteiger partial charge in [0.15, 0.2) is 0 Å². The van der Waals surface area contributed by atoms with Crippen LogP contribution in [-0.2, 0) is 3.07 Å². The molecular weight excluding hydrogens is 303 g/mol. The molecule has 1 aromatic carbocycles. The molecule has 1 unspecified atom stereocenters. The van der Waals surface area contributed by atoms with Crippen LogP contribution in [0.15, 0.2) is 18.2 Å². The van der Waals surface area contributed by atoms with Crippen molar-refractivity contribution in [1.29, 1.82) is 0 Å². The van der Waals surface area contributed by atoms with E-state index in [0.717, 1.165) is 6.61 Å². The van der Waals surface area contributed by atoms with Gasteiger partial charge < -0.3 is 0 Å². The van der Waals surface area contributed by atoms with Gasteiger partial charge in [0.2, 0.25) is 0 Å². The standard InChI is InChI=1S/C8H9.C4H9.C2H5O.Sn.H/c1-7-5-3-4-6-8(7)2;1-3-4-2;1-2-3;;/h3-5H,1-2H3;1,3-4H2,2H3;2H2,1H3;;/q;;-1;+1;. The molecule has 0 N–H and O–H groups in total. The molecule has 1 atom stereocenters. The van der Waals surface area contributed by atoms with Gasteiger partial charge in [-0.2, -0.15) is 0 Å². The van der Waals surface area contributed by atoms with E-state index in [2.05, 4.69) is 45.9 Å². The van der Waals surface area contributed by atoms with E-state index in [0.29, 0.717) is 0 Å². The van der Waals surface area contributed by atoms with Gasteiger partial charge in [0.25, 0.3) is 0 Å². The number of rotatable bonds is 6.